The van der Waals surface area contributed by atoms with Gasteiger partial charge in [-0.15, -0.1) is 0 Å². The highest BCUT2D eigenvalue weighted by molar-refractivity contribution is 5.98. The van der Waals surface area contributed by atoms with E-state index in [4.69, 9.17) is 4.74 Å². The van der Waals surface area contributed by atoms with E-state index in [9.17, 15) is 37.1 Å². The highest BCUT2D eigenvalue weighted by Crippen LogP contribution is 2.29. The zero-order chi connectivity index (χ0) is 29.7. The first-order valence-corrected chi connectivity index (χ1v) is 13.2. The number of alkyl halides is 3. The van der Waals surface area contributed by atoms with Crippen molar-refractivity contribution in [2.24, 2.45) is 5.92 Å². The number of Topliss-reactive ketones (excluding diaryl/α,β-unsaturated/α-hetero) is 1. The molecule has 2 saturated heterocycles. The maximum atomic E-state index is 13.5. The van der Waals surface area contributed by atoms with E-state index in [-0.39, 0.29) is 37.7 Å². The summed E-state index contributed by atoms with van der Waals surface area (Å²) in [7, 11) is 0. The molecule has 2 heterocycles. The Morgan fingerprint density at radius 3 is 2.30 bits per heavy atom. The van der Waals surface area contributed by atoms with E-state index < -0.39 is 60.1 Å². The van der Waals surface area contributed by atoms with Crippen LogP contribution in [0.25, 0.3) is 0 Å². The lowest BCUT2D eigenvalue weighted by Gasteiger charge is -2.28. The summed E-state index contributed by atoms with van der Waals surface area (Å²) in [4.78, 5) is 64.6. The topological polar surface area (TPSA) is 137 Å². The Morgan fingerprint density at radius 2 is 1.73 bits per heavy atom. The fraction of sp³-hybridized carbons (Fsp3) is 0.593. The van der Waals surface area contributed by atoms with Gasteiger partial charge in [-0.25, -0.2) is 0 Å². The number of halogens is 3. The van der Waals surface area contributed by atoms with Crippen molar-refractivity contribution < 1.29 is 41.9 Å². The number of amides is 4. The monoisotopic (exact) mass is 568 g/mol. The lowest BCUT2D eigenvalue weighted by Crippen LogP contribution is -2.57. The van der Waals surface area contributed by atoms with Gasteiger partial charge < -0.3 is 25.6 Å². The summed E-state index contributed by atoms with van der Waals surface area (Å²) in [6.45, 7) is 4.92. The first kappa shape index (κ1) is 31.1. The second-order valence-corrected chi connectivity index (χ2v) is 10.8. The minimum Gasteiger partial charge on any atom is -0.361 e. The zero-order valence-electron chi connectivity index (χ0n) is 22.7. The molecular weight excluding hydrogens is 533 g/mol. The SMILES string of the molecule is CC(C)CC(NC(=O)[C@H](Cc1ccccc1)NC(=O)[C@@H]1CCCN1C(=O)CNC(=O)C(F)(F)F)C(=O)[C@@]1(C)CO1. The standard InChI is InChI=1S/C27H35F3N4O6/c1-16(2)12-18(22(36)26(3)15-40-26)32-23(37)19(13-17-8-5-4-6-9-17)33-24(38)20-10-7-11-34(20)21(35)14-31-25(39)27(28,29)30/h4-6,8-9,16,18-20H,7,10-15H2,1-3H3,(H,31,39)(H,32,37)(H,33,38)/t18?,19-,20-,26+/m0/s1. The molecule has 2 fully saturated rings. The van der Waals surface area contributed by atoms with E-state index in [1.807, 2.05) is 13.8 Å². The second kappa shape index (κ2) is 12.8. The Balaban J connectivity index is 1.73. The largest absolute Gasteiger partial charge is 0.471 e. The molecule has 40 heavy (non-hydrogen) atoms. The average Bonchev–Trinajstić information content (AvgIpc) is 3.44. The van der Waals surface area contributed by atoms with Crippen LogP contribution in [0.5, 0.6) is 0 Å². The molecule has 0 aromatic heterocycles. The molecule has 4 atom stereocenters. The Hall–Kier alpha value is -3.48. The molecule has 2 aliphatic rings. The van der Waals surface area contributed by atoms with E-state index in [0.717, 1.165) is 10.5 Å². The molecule has 3 N–H and O–H groups in total. The third kappa shape index (κ3) is 8.26. The summed E-state index contributed by atoms with van der Waals surface area (Å²) >= 11 is 0. The van der Waals surface area contributed by atoms with Crippen LogP contribution in [-0.4, -0.2) is 83.9 Å². The van der Waals surface area contributed by atoms with E-state index >= 15 is 0 Å². The Kier molecular flexibility index (Phi) is 9.93. The third-order valence-corrected chi connectivity index (χ3v) is 6.89. The van der Waals surface area contributed by atoms with Crippen molar-refractivity contribution in [3.05, 3.63) is 35.9 Å². The molecule has 1 aromatic carbocycles. The van der Waals surface area contributed by atoms with Crippen molar-refractivity contribution in [1.29, 1.82) is 0 Å². The molecular formula is C27H35F3N4O6. The number of likely N-dealkylation sites (tertiary alicyclic amines) is 1. The van der Waals surface area contributed by atoms with Crippen LogP contribution >= 0.6 is 0 Å². The quantitative estimate of drug-likeness (QED) is 0.325. The number of carbonyl (C=O) groups is 5. The van der Waals surface area contributed by atoms with Gasteiger partial charge >= 0.3 is 12.1 Å². The maximum Gasteiger partial charge on any atom is 0.471 e. The molecule has 0 spiro atoms. The molecule has 1 aromatic rings. The van der Waals surface area contributed by atoms with E-state index in [2.05, 4.69) is 10.6 Å². The number of nitrogens with zero attached hydrogens (tertiary/aromatic N) is 1. The molecule has 3 rings (SSSR count). The molecule has 220 valence electrons. The first-order valence-electron chi connectivity index (χ1n) is 13.2. The Morgan fingerprint density at radius 1 is 1.07 bits per heavy atom. The molecule has 0 radical (unpaired) electrons. The molecule has 13 heteroatoms. The van der Waals surface area contributed by atoms with Gasteiger partial charge in [0.25, 0.3) is 0 Å². The summed E-state index contributed by atoms with van der Waals surface area (Å²) in [5.41, 5.74) is -0.224. The highest BCUT2D eigenvalue weighted by atomic mass is 19.4. The summed E-state index contributed by atoms with van der Waals surface area (Å²) in [5.74, 6) is -4.53. The molecule has 0 aliphatic carbocycles. The van der Waals surface area contributed by atoms with E-state index in [1.165, 1.54) is 5.32 Å². The number of hydrogen-bond acceptors (Lipinski definition) is 6. The summed E-state index contributed by atoms with van der Waals surface area (Å²) in [6.07, 6.45) is -4.04. The molecule has 4 amide bonds. The summed E-state index contributed by atoms with van der Waals surface area (Å²) < 4.78 is 42.8. The average molecular weight is 569 g/mol. The van der Waals surface area contributed by atoms with Gasteiger partial charge in [0, 0.05) is 13.0 Å². The van der Waals surface area contributed by atoms with Crippen LogP contribution < -0.4 is 16.0 Å². The first-order chi connectivity index (χ1) is 18.7. The van der Waals surface area contributed by atoms with Crippen LogP contribution in [-0.2, 0) is 35.1 Å². The predicted octanol–water partition coefficient (Wildman–Crippen LogP) is 1.27. The smallest absolute Gasteiger partial charge is 0.361 e. The predicted molar refractivity (Wildman–Crippen MR) is 137 cm³/mol. The van der Waals surface area contributed by atoms with Gasteiger partial charge in [0.2, 0.25) is 17.7 Å². The number of epoxide rings is 1. The third-order valence-electron chi connectivity index (χ3n) is 6.89. The van der Waals surface area contributed by atoms with Crippen LogP contribution in [0, 0.1) is 5.92 Å². The van der Waals surface area contributed by atoms with Gasteiger partial charge in [0.1, 0.15) is 17.7 Å². The fourth-order valence-corrected chi connectivity index (χ4v) is 4.62. The molecule has 0 bridgehead atoms. The van der Waals surface area contributed by atoms with Crippen LogP contribution in [0.2, 0.25) is 0 Å². The van der Waals surface area contributed by atoms with Crippen molar-refractivity contribution >= 4 is 29.4 Å². The van der Waals surface area contributed by atoms with Crippen molar-refractivity contribution in [3.8, 4) is 0 Å². The van der Waals surface area contributed by atoms with Gasteiger partial charge in [0.05, 0.1) is 19.2 Å². The van der Waals surface area contributed by atoms with E-state index in [0.29, 0.717) is 12.8 Å². The second-order valence-electron chi connectivity index (χ2n) is 10.8. The number of carbonyl (C=O) groups excluding carboxylic acids is 5. The zero-order valence-corrected chi connectivity index (χ0v) is 22.7. The minimum absolute atomic E-state index is 0.0784. The van der Waals surface area contributed by atoms with Crippen LogP contribution in [0.15, 0.2) is 30.3 Å². The normalized spacial score (nSPS) is 21.9. The maximum absolute atomic E-state index is 13.5. The Labute approximate surface area is 230 Å². The lowest BCUT2D eigenvalue weighted by molar-refractivity contribution is -0.174. The molecule has 0 saturated carbocycles. The molecule has 1 unspecified atom stereocenters. The number of benzene rings is 1. The summed E-state index contributed by atoms with van der Waals surface area (Å²) in [5, 5.41) is 6.97. The fourth-order valence-electron chi connectivity index (χ4n) is 4.62. The van der Waals surface area contributed by atoms with Crippen LogP contribution in [0.4, 0.5) is 13.2 Å². The molecule has 2 aliphatic heterocycles. The number of nitrogens with one attached hydrogen (secondary N) is 3. The highest BCUT2D eigenvalue weighted by Gasteiger charge is 2.50. The van der Waals surface area contributed by atoms with Crippen LogP contribution in [0.3, 0.4) is 0 Å². The number of rotatable bonds is 12. The van der Waals surface area contributed by atoms with E-state index in [1.54, 1.807) is 37.3 Å². The van der Waals surface area contributed by atoms with Crippen molar-refractivity contribution in [1.82, 2.24) is 20.9 Å². The van der Waals surface area contributed by atoms with Gasteiger partial charge in [-0.05, 0) is 37.7 Å². The van der Waals surface area contributed by atoms with Gasteiger partial charge in [-0.2, -0.15) is 13.2 Å². The summed E-state index contributed by atoms with van der Waals surface area (Å²) in [6, 6.07) is 5.92. The van der Waals surface area contributed by atoms with Gasteiger partial charge in [0.15, 0.2) is 5.78 Å². The van der Waals surface area contributed by atoms with Crippen LogP contribution in [0.1, 0.15) is 45.6 Å². The van der Waals surface area contributed by atoms with Gasteiger partial charge in [-0.3, -0.25) is 24.0 Å². The number of ether oxygens (including phenoxy) is 1. The van der Waals surface area contributed by atoms with Gasteiger partial charge in [-0.1, -0.05) is 44.2 Å². The van der Waals surface area contributed by atoms with Crippen molar-refractivity contribution in [2.75, 3.05) is 19.7 Å². The number of hydrogen-bond donors (Lipinski definition) is 3. The number of ketones is 1. The Bertz CT molecular complexity index is 1110. The minimum atomic E-state index is -5.14. The van der Waals surface area contributed by atoms with Crippen molar-refractivity contribution in [3.63, 3.8) is 0 Å². The lowest BCUT2D eigenvalue weighted by atomic mass is 9.93. The van der Waals surface area contributed by atoms with Crippen molar-refractivity contribution in [2.45, 2.75) is 76.4 Å². The molecule has 10 nitrogen and oxygen atoms in total.